The van der Waals surface area contributed by atoms with Gasteiger partial charge >= 0.3 is 6.09 Å². The van der Waals surface area contributed by atoms with E-state index in [1.165, 1.54) is 0 Å². The van der Waals surface area contributed by atoms with Gasteiger partial charge < -0.3 is 37.9 Å². The summed E-state index contributed by atoms with van der Waals surface area (Å²) in [7, 11) is 0. The zero-order valence-electron chi connectivity index (χ0n) is 36.7. The molecule has 13 nitrogen and oxygen atoms in total. The van der Waals surface area contributed by atoms with Crippen LogP contribution in [0.4, 0.5) is 4.79 Å². The van der Waals surface area contributed by atoms with Crippen LogP contribution in [0.2, 0.25) is 0 Å². The molecule has 0 spiro atoms. The average molecular weight is 873 g/mol. The van der Waals surface area contributed by atoms with Crippen LogP contribution in [0.1, 0.15) is 104 Å². The third-order valence-electron chi connectivity index (χ3n) is 11.9. The first-order valence-corrected chi connectivity index (χ1v) is 22.6. The van der Waals surface area contributed by atoms with Crippen molar-refractivity contribution in [1.29, 1.82) is 0 Å². The first kappa shape index (κ1) is 48.8. The standard InChI is InChI=1S/C51H64N6O7/c52-28-14-11-26-44(46(58)32-37(48(54)60)21-13-16-30-55-49(61)36-19-5-2-6-20-36)56-50(62)38(31-35-17-3-1-4-18-35)33-47(59)45(27-12-15-29-53)57-51(63)64-34-43-41-24-9-7-22-39(41)40-23-8-10-25-42(40)43/h1-10,17-20,22-25,37-38,43-45H,11-16,21,26-34,52-53H2,(H2,54,60)(H,55,61)(H,56,62)(H,57,63). The van der Waals surface area contributed by atoms with Gasteiger partial charge in [0.2, 0.25) is 11.8 Å². The van der Waals surface area contributed by atoms with E-state index in [4.69, 9.17) is 21.9 Å². The molecule has 64 heavy (non-hydrogen) atoms. The van der Waals surface area contributed by atoms with Gasteiger partial charge in [0, 0.05) is 42.7 Å². The highest BCUT2D eigenvalue weighted by molar-refractivity contribution is 5.95. The number of amides is 4. The first-order valence-electron chi connectivity index (χ1n) is 22.6. The van der Waals surface area contributed by atoms with Crippen LogP contribution >= 0.6 is 0 Å². The summed E-state index contributed by atoms with van der Waals surface area (Å²) in [6, 6.07) is 32.3. The lowest BCUT2D eigenvalue weighted by Crippen LogP contribution is -2.47. The van der Waals surface area contributed by atoms with Gasteiger partial charge in [0.05, 0.1) is 12.1 Å². The van der Waals surface area contributed by atoms with Crippen molar-refractivity contribution in [2.24, 2.45) is 29.0 Å². The number of ketones is 2. The summed E-state index contributed by atoms with van der Waals surface area (Å²) in [4.78, 5) is 81.0. The van der Waals surface area contributed by atoms with E-state index < -0.39 is 41.8 Å². The number of hydrogen-bond donors (Lipinski definition) is 6. The molecule has 5 rings (SSSR count). The van der Waals surface area contributed by atoms with E-state index in [0.29, 0.717) is 76.6 Å². The average Bonchev–Trinajstić information content (AvgIpc) is 3.63. The van der Waals surface area contributed by atoms with Crippen molar-refractivity contribution in [3.8, 4) is 11.1 Å². The predicted octanol–water partition coefficient (Wildman–Crippen LogP) is 6.12. The molecule has 0 saturated heterocycles. The lowest BCUT2D eigenvalue weighted by atomic mass is 9.88. The Balaban J connectivity index is 1.24. The van der Waals surface area contributed by atoms with Crippen molar-refractivity contribution >= 4 is 35.4 Å². The molecule has 1 aliphatic carbocycles. The summed E-state index contributed by atoms with van der Waals surface area (Å²) in [5.74, 6) is -3.82. The second-order valence-corrected chi connectivity index (χ2v) is 16.6. The number of benzene rings is 4. The smallest absolute Gasteiger partial charge is 0.407 e. The molecule has 0 saturated carbocycles. The lowest BCUT2D eigenvalue weighted by Gasteiger charge is -2.25. The van der Waals surface area contributed by atoms with Gasteiger partial charge in [0.1, 0.15) is 6.61 Å². The number of hydrogen-bond acceptors (Lipinski definition) is 9. The number of alkyl carbamates (subject to hydrolysis) is 1. The van der Waals surface area contributed by atoms with Crippen LogP contribution in [0.3, 0.4) is 0 Å². The summed E-state index contributed by atoms with van der Waals surface area (Å²) in [6.45, 7) is 1.27. The molecule has 0 aliphatic heterocycles. The molecule has 1 aliphatic rings. The van der Waals surface area contributed by atoms with E-state index in [0.717, 1.165) is 27.8 Å². The molecule has 4 unspecified atom stereocenters. The largest absolute Gasteiger partial charge is 0.449 e. The fraction of sp³-hybridized carbons (Fsp3) is 0.412. The quantitative estimate of drug-likeness (QED) is 0.0361. The normalized spacial score (nSPS) is 13.7. The Hall–Kier alpha value is -6.18. The fourth-order valence-electron chi connectivity index (χ4n) is 8.37. The molecule has 4 amide bonds. The van der Waals surface area contributed by atoms with Crippen molar-refractivity contribution in [3.05, 3.63) is 131 Å². The number of unbranched alkanes of at least 4 members (excludes halogenated alkanes) is 3. The predicted molar refractivity (Wildman–Crippen MR) is 248 cm³/mol. The van der Waals surface area contributed by atoms with E-state index >= 15 is 0 Å². The highest BCUT2D eigenvalue weighted by Crippen LogP contribution is 2.44. The number of nitrogens with one attached hydrogen (secondary N) is 3. The maximum absolute atomic E-state index is 14.3. The topological polar surface area (TPSA) is 226 Å². The van der Waals surface area contributed by atoms with E-state index in [1.54, 1.807) is 24.3 Å². The maximum atomic E-state index is 14.3. The van der Waals surface area contributed by atoms with E-state index in [9.17, 15) is 28.8 Å². The Morgan fingerprint density at radius 2 is 1.09 bits per heavy atom. The summed E-state index contributed by atoms with van der Waals surface area (Å²) in [5.41, 5.74) is 23.1. The minimum Gasteiger partial charge on any atom is -0.449 e. The first-order chi connectivity index (χ1) is 31.1. The number of nitrogens with two attached hydrogens (primary N) is 3. The van der Waals surface area contributed by atoms with Crippen molar-refractivity contribution in [3.63, 3.8) is 0 Å². The highest BCUT2D eigenvalue weighted by Gasteiger charge is 2.33. The van der Waals surface area contributed by atoms with Crippen LogP contribution in [0.25, 0.3) is 11.1 Å². The molecule has 0 heterocycles. The molecule has 13 heteroatoms. The molecule has 0 aromatic heterocycles. The van der Waals surface area contributed by atoms with E-state index in [1.807, 2.05) is 72.8 Å². The maximum Gasteiger partial charge on any atom is 0.407 e. The molecule has 4 aromatic carbocycles. The van der Waals surface area contributed by atoms with Gasteiger partial charge in [-0.2, -0.15) is 0 Å². The molecule has 4 aromatic rings. The summed E-state index contributed by atoms with van der Waals surface area (Å²) >= 11 is 0. The molecule has 0 radical (unpaired) electrons. The van der Waals surface area contributed by atoms with E-state index in [2.05, 4.69) is 28.1 Å². The van der Waals surface area contributed by atoms with E-state index in [-0.39, 0.29) is 55.7 Å². The fourth-order valence-corrected chi connectivity index (χ4v) is 8.37. The van der Waals surface area contributed by atoms with Crippen LogP contribution in [-0.4, -0.2) is 73.7 Å². The third-order valence-corrected chi connectivity index (χ3v) is 11.9. The number of carbonyl (C=O) groups excluding carboxylic acids is 6. The summed E-state index contributed by atoms with van der Waals surface area (Å²) in [5, 5.41) is 8.61. The van der Waals surface area contributed by atoms with Crippen LogP contribution in [0, 0.1) is 11.8 Å². The number of ether oxygens (including phenoxy) is 1. The van der Waals surface area contributed by atoms with Gasteiger partial charge in [-0.25, -0.2) is 4.79 Å². The highest BCUT2D eigenvalue weighted by atomic mass is 16.5. The van der Waals surface area contributed by atoms with Gasteiger partial charge in [0.25, 0.3) is 5.91 Å². The third kappa shape index (κ3) is 14.7. The Labute approximate surface area is 376 Å². The van der Waals surface area contributed by atoms with Gasteiger partial charge in [-0.05, 0) is 111 Å². The van der Waals surface area contributed by atoms with Crippen LogP contribution in [0.5, 0.6) is 0 Å². The lowest BCUT2D eigenvalue weighted by molar-refractivity contribution is -0.134. The van der Waals surface area contributed by atoms with Crippen LogP contribution in [-0.2, 0) is 30.3 Å². The Morgan fingerprint density at radius 3 is 1.67 bits per heavy atom. The van der Waals surface area contributed by atoms with Crippen molar-refractivity contribution in [1.82, 2.24) is 16.0 Å². The molecule has 9 N–H and O–H groups in total. The van der Waals surface area contributed by atoms with Gasteiger partial charge in [0.15, 0.2) is 11.6 Å². The zero-order valence-corrected chi connectivity index (χ0v) is 36.7. The molecular weight excluding hydrogens is 809 g/mol. The second-order valence-electron chi connectivity index (χ2n) is 16.6. The van der Waals surface area contributed by atoms with Crippen molar-refractivity contribution in [2.75, 3.05) is 26.2 Å². The second kappa shape index (κ2) is 25.8. The van der Waals surface area contributed by atoms with Crippen LogP contribution < -0.4 is 33.2 Å². The number of Topliss-reactive ketones (excluding diaryl/α,β-unsaturated/α-hetero) is 2. The molecule has 340 valence electrons. The summed E-state index contributed by atoms with van der Waals surface area (Å²) < 4.78 is 5.81. The van der Waals surface area contributed by atoms with Crippen LogP contribution in [0.15, 0.2) is 109 Å². The van der Waals surface area contributed by atoms with Gasteiger partial charge in [-0.1, -0.05) is 103 Å². The molecule has 4 atom stereocenters. The monoisotopic (exact) mass is 872 g/mol. The number of primary amides is 1. The Kier molecular flexibility index (Phi) is 19.7. The zero-order chi connectivity index (χ0) is 45.7. The Bertz CT molecular complexity index is 2100. The SMILES string of the molecule is NCCCCC(NC(=O)OCC1c2ccccc2-c2ccccc21)C(=O)CC(Cc1ccccc1)C(=O)NC(CCCCN)C(=O)CC(CCCCNC(=O)c1ccccc1)C(N)=O. The number of carbonyl (C=O) groups is 6. The van der Waals surface area contributed by atoms with Gasteiger partial charge in [-0.3, -0.25) is 24.0 Å². The number of fused-ring (bicyclic) bond motifs is 3. The van der Waals surface area contributed by atoms with Crippen molar-refractivity contribution < 1.29 is 33.5 Å². The molecule has 0 fully saturated rings. The Morgan fingerprint density at radius 1 is 0.578 bits per heavy atom. The van der Waals surface area contributed by atoms with Crippen molar-refractivity contribution in [2.45, 2.75) is 95.1 Å². The molecular formula is C51H64N6O7. The minimum atomic E-state index is -0.946. The number of rotatable bonds is 28. The summed E-state index contributed by atoms with van der Waals surface area (Å²) in [6.07, 6.45) is 3.47. The molecule has 0 bridgehead atoms. The van der Waals surface area contributed by atoms with Gasteiger partial charge in [-0.15, -0.1) is 0 Å². The minimum absolute atomic E-state index is 0.0752.